The Labute approximate surface area is 280 Å². The lowest BCUT2D eigenvalue weighted by Gasteiger charge is -2.34. The molecule has 2 heterocycles. The molecule has 224 valence electrons. The summed E-state index contributed by atoms with van der Waals surface area (Å²) >= 11 is 3.33. The Morgan fingerprint density at radius 3 is 1.74 bits per heavy atom. The van der Waals surface area contributed by atoms with E-state index in [1.807, 2.05) is 48.6 Å². The van der Waals surface area contributed by atoms with Crippen molar-refractivity contribution in [3.63, 3.8) is 0 Å². The number of Topliss-reactive ketones (excluding diaryl/α,β-unsaturated/α-hetero) is 2. The van der Waals surface area contributed by atoms with Crippen LogP contribution in [0.1, 0.15) is 91.8 Å². The van der Waals surface area contributed by atoms with Crippen LogP contribution in [0.5, 0.6) is 0 Å². The zero-order chi connectivity index (χ0) is 32.4. The Morgan fingerprint density at radius 2 is 1.26 bits per heavy atom. The molecule has 2 aromatic carbocycles. The number of nitriles is 1. The smallest absolute Gasteiger partial charge is 0.270 e. The number of fused-ring (bicyclic) bond motifs is 7. The number of carbonyl (C=O) groups is 2. The maximum Gasteiger partial charge on any atom is 0.270 e. The molecule has 7 heteroatoms. The Morgan fingerprint density at radius 1 is 0.766 bits per heavy atom. The third kappa shape index (κ3) is 4.16. The first-order chi connectivity index (χ1) is 22.9. The number of rotatable bonds is 2. The molecule has 1 spiro atoms. The zero-order valence-corrected chi connectivity index (χ0v) is 27.1. The number of ketones is 2. The predicted molar refractivity (Wildman–Crippen MR) is 187 cm³/mol. The molecule has 0 aliphatic heterocycles. The number of hydrogen-bond donors (Lipinski definition) is 0. The largest absolute Gasteiger partial charge is 0.289 e. The molecule has 0 saturated heterocycles. The number of carbonyl (C=O) groups excluding carboxylic acids is 2. The Balaban J connectivity index is 1.27. The van der Waals surface area contributed by atoms with Crippen LogP contribution in [0.2, 0.25) is 0 Å². The van der Waals surface area contributed by atoms with E-state index >= 15 is 0 Å². The van der Waals surface area contributed by atoms with E-state index in [4.69, 9.17) is 13.1 Å². The zero-order valence-electron chi connectivity index (χ0n) is 25.4. The second-order valence-electron chi connectivity index (χ2n) is 12.3. The number of thiophene rings is 2. The van der Waals surface area contributed by atoms with Gasteiger partial charge in [0.1, 0.15) is 0 Å². The Bertz CT molecular complexity index is 2350. The van der Waals surface area contributed by atoms with Gasteiger partial charge in [-0.15, -0.1) is 22.7 Å². The fraction of sp³-hybridized carbons (Fsp3) is 0.175. The van der Waals surface area contributed by atoms with Crippen molar-refractivity contribution in [3.8, 4) is 15.8 Å². The number of nitrogens with zero attached hydrogens (tertiary/aromatic N) is 3. The third-order valence-corrected chi connectivity index (χ3v) is 12.2. The summed E-state index contributed by atoms with van der Waals surface area (Å²) in [6, 6.07) is 21.2. The number of hydrogen-bond acceptors (Lipinski definition) is 5. The van der Waals surface area contributed by atoms with E-state index in [1.54, 1.807) is 47.8 Å². The molecule has 0 N–H and O–H groups in total. The minimum Gasteiger partial charge on any atom is -0.289 e. The first kappa shape index (κ1) is 29.0. The van der Waals surface area contributed by atoms with Crippen LogP contribution in [0.15, 0.2) is 83.2 Å². The molecule has 1 saturated carbocycles. The predicted octanol–water partition coefficient (Wildman–Crippen LogP) is 10.4. The van der Waals surface area contributed by atoms with Crippen molar-refractivity contribution in [2.24, 2.45) is 0 Å². The molecule has 0 amide bonds. The van der Waals surface area contributed by atoms with Gasteiger partial charge in [-0.1, -0.05) is 67.8 Å². The van der Waals surface area contributed by atoms with Crippen LogP contribution in [0.4, 0.5) is 0 Å². The molecule has 4 aliphatic carbocycles. The first-order valence-corrected chi connectivity index (χ1v) is 17.1. The molecule has 0 radical (unpaired) electrons. The summed E-state index contributed by atoms with van der Waals surface area (Å²) in [5, 5.41) is 9.79. The summed E-state index contributed by atoms with van der Waals surface area (Å²) in [5.74, 6) is -0.216. The lowest BCUT2D eigenvalue weighted by molar-refractivity contribution is 0.103. The highest BCUT2D eigenvalue weighted by Gasteiger charge is 2.46. The third-order valence-electron chi connectivity index (χ3n) is 9.91. The van der Waals surface area contributed by atoms with Gasteiger partial charge in [-0.3, -0.25) is 9.59 Å². The van der Waals surface area contributed by atoms with E-state index in [0.29, 0.717) is 39.1 Å². The summed E-state index contributed by atoms with van der Waals surface area (Å²) in [6.45, 7) is 17.1. The molecule has 4 aliphatic rings. The highest BCUT2D eigenvalue weighted by atomic mass is 32.1. The van der Waals surface area contributed by atoms with Crippen molar-refractivity contribution in [3.05, 3.63) is 149 Å². The molecule has 4 aromatic rings. The number of benzene rings is 2. The fourth-order valence-corrected chi connectivity index (χ4v) is 10.4. The summed E-state index contributed by atoms with van der Waals surface area (Å²) in [4.78, 5) is 38.7. The van der Waals surface area contributed by atoms with E-state index in [2.05, 4.69) is 21.8 Å². The quantitative estimate of drug-likeness (QED) is 0.124. The van der Waals surface area contributed by atoms with Gasteiger partial charge in [0.25, 0.3) is 5.70 Å². The lowest BCUT2D eigenvalue weighted by Crippen LogP contribution is -2.27. The second kappa shape index (κ2) is 10.9. The van der Waals surface area contributed by atoms with Crippen molar-refractivity contribution in [2.45, 2.75) is 44.4 Å². The lowest BCUT2D eigenvalue weighted by atomic mass is 9.68. The van der Waals surface area contributed by atoms with Gasteiger partial charge in [-0.2, -0.15) is 0 Å². The van der Waals surface area contributed by atoms with Crippen molar-refractivity contribution in [1.29, 1.82) is 5.26 Å². The van der Waals surface area contributed by atoms with Crippen molar-refractivity contribution < 1.29 is 9.59 Å². The molecule has 0 bridgehead atoms. The van der Waals surface area contributed by atoms with E-state index in [1.165, 1.54) is 27.3 Å². The monoisotopic (exact) mass is 643 g/mol. The molecule has 2 aromatic heterocycles. The fourth-order valence-electron chi connectivity index (χ4n) is 7.85. The van der Waals surface area contributed by atoms with Crippen LogP contribution in [-0.2, 0) is 5.41 Å². The Hall–Kier alpha value is -5.39. The van der Waals surface area contributed by atoms with E-state index < -0.39 is 0 Å². The molecule has 1 fully saturated rings. The SMILES string of the molecule is [C-]#[N+]C(C)=C1/C(=C/c2cc3c(s2)-c2sc(/C=C4\C(=O)c5ccccc5\C4=C(\C#N)[N+]#[C-])cc2C32CCCCC2)C(=O)c2ccccc21. The molecule has 47 heavy (non-hydrogen) atoms. The van der Waals surface area contributed by atoms with Gasteiger partial charge >= 0.3 is 0 Å². The van der Waals surface area contributed by atoms with Crippen molar-refractivity contribution in [2.75, 3.05) is 0 Å². The number of allylic oxidation sites excluding steroid dienone is 6. The van der Waals surface area contributed by atoms with Crippen molar-refractivity contribution in [1.82, 2.24) is 0 Å². The molecule has 0 atom stereocenters. The van der Waals surface area contributed by atoms with E-state index in [0.717, 1.165) is 46.6 Å². The molecule has 8 rings (SSSR count). The minimum atomic E-state index is -0.167. The van der Waals surface area contributed by atoms with Crippen LogP contribution in [0.3, 0.4) is 0 Å². The van der Waals surface area contributed by atoms with Crippen LogP contribution < -0.4 is 0 Å². The van der Waals surface area contributed by atoms with Gasteiger partial charge in [0.15, 0.2) is 17.3 Å². The van der Waals surface area contributed by atoms with Gasteiger partial charge in [0.2, 0.25) is 0 Å². The topological polar surface area (TPSA) is 66.7 Å². The average Bonchev–Trinajstić information content (AvgIpc) is 3.88. The average molecular weight is 644 g/mol. The maximum absolute atomic E-state index is 13.6. The van der Waals surface area contributed by atoms with Gasteiger partial charge < -0.3 is 0 Å². The molecule has 5 nitrogen and oxygen atoms in total. The normalized spacial score (nSPS) is 20.8. The maximum atomic E-state index is 13.6. The van der Waals surface area contributed by atoms with Gasteiger partial charge in [-0.05, 0) is 71.9 Å². The van der Waals surface area contributed by atoms with E-state index in [-0.39, 0.29) is 22.7 Å². The minimum absolute atomic E-state index is 0.0486. The van der Waals surface area contributed by atoms with Crippen LogP contribution in [-0.4, -0.2) is 11.6 Å². The molecular weight excluding hydrogens is 619 g/mol. The summed E-state index contributed by atoms with van der Waals surface area (Å²) in [7, 11) is 0. The highest BCUT2D eigenvalue weighted by molar-refractivity contribution is 7.23. The summed E-state index contributed by atoms with van der Waals surface area (Å²) in [5.41, 5.74) is 7.60. The van der Waals surface area contributed by atoms with E-state index in [9.17, 15) is 14.9 Å². The van der Waals surface area contributed by atoms with Crippen molar-refractivity contribution >= 4 is 57.5 Å². The first-order valence-electron chi connectivity index (χ1n) is 15.5. The Kier molecular flexibility index (Phi) is 6.71. The summed E-state index contributed by atoms with van der Waals surface area (Å²) < 4.78 is 0. The van der Waals surface area contributed by atoms with Gasteiger partial charge in [0, 0.05) is 52.8 Å². The highest BCUT2D eigenvalue weighted by Crippen LogP contribution is 2.61. The van der Waals surface area contributed by atoms with Crippen LogP contribution >= 0.6 is 22.7 Å². The van der Waals surface area contributed by atoms with Crippen LogP contribution in [0, 0.1) is 24.5 Å². The van der Waals surface area contributed by atoms with Gasteiger partial charge in [0.05, 0.1) is 19.2 Å². The molecular formula is C40H25N3O2S2. The summed E-state index contributed by atoms with van der Waals surface area (Å²) in [6.07, 6.45) is 9.35. The van der Waals surface area contributed by atoms with Gasteiger partial charge in [-0.25, -0.2) is 15.0 Å². The van der Waals surface area contributed by atoms with Crippen LogP contribution in [0.25, 0.3) is 42.7 Å². The second-order valence-corrected chi connectivity index (χ2v) is 14.5. The molecule has 0 unspecified atom stereocenters. The standard InChI is InChI=1S/C40H25N3O2S2/c1-22(42-2)34-25-11-5-7-13-27(25)36(44)29(34)17-23-19-31-38(46-23)39-32(40(31)15-9-4-10-16-40)20-24(47-39)18-30-35(33(21-41)43-3)26-12-6-8-14-28(26)37(30)45/h5-8,11-14,17-20H,4,9-10,15-16H2,1H3/b29-17-,30-18-,34-22?,35-33+.